The zero-order chi connectivity index (χ0) is 21.3. The minimum absolute atomic E-state index is 0.120. The first-order valence-corrected chi connectivity index (χ1v) is 10.6. The Labute approximate surface area is 176 Å². The van der Waals surface area contributed by atoms with Gasteiger partial charge in [0, 0.05) is 57.2 Å². The van der Waals surface area contributed by atoms with Crippen LogP contribution < -0.4 is 4.90 Å². The predicted molar refractivity (Wildman–Crippen MR) is 114 cm³/mol. The molecule has 1 atom stereocenters. The maximum absolute atomic E-state index is 12.6. The predicted octanol–water partition coefficient (Wildman–Crippen LogP) is 2.66. The lowest BCUT2D eigenvalue weighted by Crippen LogP contribution is -2.49. The Hall–Kier alpha value is -2.87. The second-order valence-electron chi connectivity index (χ2n) is 8.31. The highest BCUT2D eigenvalue weighted by Crippen LogP contribution is 2.30. The number of benzene rings is 1. The number of aromatic carboxylic acids is 1. The van der Waals surface area contributed by atoms with Gasteiger partial charge in [-0.2, -0.15) is 9.78 Å². The van der Waals surface area contributed by atoms with Gasteiger partial charge in [-0.1, -0.05) is 12.1 Å². The number of carboxylic acid groups (broad SMARTS) is 1. The molecule has 1 amide bonds. The average Bonchev–Trinajstić information content (AvgIpc) is 3.39. The molecule has 1 N–H and O–H groups in total. The fraction of sp³-hybridized carbons (Fsp3) is 0.500. The molecule has 2 aliphatic rings. The molecule has 0 saturated carbocycles. The van der Waals surface area contributed by atoms with Gasteiger partial charge in [0.15, 0.2) is 5.69 Å². The van der Waals surface area contributed by atoms with E-state index in [0.29, 0.717) is 19.1 Å². The number of hydrogen-bond donors (Lipinski definition) is 1. The summed E-state index contributed by atoms with van der Waals surface area (Å²) in [6.07, 6.45) is 3.89. The van der Waals surface area contributed by atoms with Crippen molar-refractivity contribution in [2.45, 2.75) is 39.3 Å². The second-order valence-corrected chi connectivity index (χ2v) is 8.31. The first-order chi connectivity index (χ1) is 14.4. The molecule has 0 bridgehead atoms. The molecule has 0 aliphatic carbocycles. The molecule has 8 heteroatoms. The summed E-state index contributed by atoms with van der Waals surface area (Å²) in [7, 11) is 0. The van der Waals surface area contributed by atoms with Crippen LogP contribution in [-0.4, -0.2) is 75.5 Å². The number of aryl methyl sites for hydroxylation is 1. The fourth-order valence-electron chi connectivity index (χ4n) is 4.39. The average molecular weight is 412 g/mol. The molecule has 2 aromatic rings. The molecule has 2 saturated heterocycles. The Morgan fingerprint density at radius 2 is 1.90 bits per heavy atom. The van der Waals surface area contributed by atoms with Crippen molar-refractivity contribution in [1.29, 1.82) is 0 Å². The molecule has 2 fully saturated rings. The van der Waals surface area contributed by atoms with E-state index in [0.717, 1.165) is 30.9 Å². The largest absolute Gasteiger partial charge is 0.476 e. The van der Waals surface area contributed by atoms with Crippen LogP contribution in [0.25, 0.3) is 0 Å². The van der Waals surface area contributed by atoms with Gasteiger partial charge in [-0.25, -0.2) is 9.59 Å². The van der Waals surface area contributed by atoms with Crippen LogP contribution in [-0.2, 0) is 6.54 Å². The quantitative estimate of drug-likeness (QED) is 0.833. The summed E-state index contributed by atoms with van der Waals surface area (Å²) in [4.78, 5) is 30.2. The van der Waals surface area contributed by atoms with Crippen LogP contribution in [0.4, 0.5) is 10.5 Å². The Morgan fingerprint density at radius 3 is 2.53 bits per heavy atom. The zero-order valence-electron chi connectivity index (χ0n) is 17.6. The summed E-state index contributed by atoms with van der Waals surface area (Å²) in [6.45, 7) is 9.18. The number of aromatic nitrogens is 2. The Balaban J connectivity index is 1.39. The molecular weight excluding hydrogens is 382 g/mol. The van der Waals surface area contributed by atoms with Crippen molar-refractivity contribution in [2.24, 2.45) is 0 Å². The minimum Gasteiger partial charge on any atom is -0.476 e. The van der Waals surface area contributed by atoms with Gasteiger partial charge < -0.3 is 14.9 Å². The Bertz CT molecular complexity index is 933. The molecule has 160 valence electrons. The number of carbonyl (C=O) groups excluding carboxylic acids is 1. The summed E-state index contributed by atoms with van der Waals surface area (Å²) >= 11 is 0. The van der Waals surface area contributed by atoms with E-state index >= 15 is 0 Å². The first-order valence-electron chi connectivity index (χ1n) is 10.6. The third kappa shape index (κ3) is 4.18. The highest BCUT2D eigenvalue weighted by Gasteiger charge is 2.26. The number of hydrogen-bond acceptors (Lipinski definition) is 5. The van der Waals surface area contributed by atoms with Crippen molar-refractivity contribution >= 4 is 17.7 Å². The van der Waals surface area contributed by atoms with E-state index in [2.05, 4.69) is 46.9 Å². The molecule has 3 heterocycles. The molecule has 0 radical (unpaired) electrons. The van der Waals surface area contributed by atoms with Crippen molar-refractivity contribution < 1.29 is 14.7 Å². The number of piperazine rings is 1. The van der Waals surface area contributed by atoms with Crippen LogP contribution in [0.1, 0.15) is 41.4 Å². The van der Waals surface area contributed by atoms with E-state index in [9.17, 15) is 9.59 Å². The molecule has 0 unspecified atom stereocenters. The van der Waals surface area contributed by atoms with E-state index in [4.69, 9.17) is 5.11 Å². The van der Waals surface area contributed by atoms with Gasteiger partial charge in [-0.3, -0.25) is 4.90 Å². The molecule has 0 spiro atoms. The van der Waals surface area contributed by atoms with Crippen molar-refractivity contribution in [1.82, 2.24) is 19.6 Å². The van der Waals surface area contributed by atoms with E-state index in [1.54, 1.807) is 4.90 Å². The number of amides is 1. The minimum atomic E-state index is -1.13. The van der Waals surface area contributed by atoms with Gasteiger partial charge >= 0.3 is 12.0 Å². The fourth-order valence-corrected chi connectivity index (χ4v) is 4.39. The van der Waals surface area contributed by atoms with Gasteiger partial charge in [-0.15, -0.1) is 0 Å². The van der Waals surface area contributed by atoms with Gasteiger partial charge in [0.25, 0.3) is 0 Å². The maximum atomic E-state index is 12.6. The number of rotatable bonds is 4. The number of carboxylic acids is 1. The molecule has 2 aliphatic heterocycles. The van der Waals surface area contributed by atoms with Crippen LogP contribution in [0.3, 0.4) is 0 Å². The lowest BCUT2D eigenvalue weighted by molar-refractivity contribution is 0.0689. The first kappa shape index (κ1) is 20.4. The topological polar surface area (TPSA) is 81.9 Å². The van der Waals surface area contributed by atoms with Crippen LogP contribution in [0.15, 0.2) is 30.5 Å². The van der Waals surface area contributed by atoms with Crippen molar-refractivity contribution in [3.63, 3.8) is 0 Å². The second kappa shape index (κ2) is 8.47. The van der Waals surface area contributed by atoms with Crippen molar-refractivity contribution in [3.05, 3.63) is 47.3 Å². The smallest absolute Gasteiger partial charge is 0.356 e. The van der Waals surface area contributed by atoms with Crippen LogP contribution >= 0.6 is 0 Å². The third-order valence-corrected chi connectivity index (χ3v) is 6.14. The standard InChI is InChI=1S/C22H29N5O3/c1-16-5-6-18(20(14-16)26-8-3-4-17(26)2)15-24-10-12-25(13-11-24)22(30)27-9-7-19(23-27)21(28)29/h5-7,9,14,17H,3-4,8,10-13,15H2,1-2H3,(H,28,29)/t17-/m0/s1. The molecule has 1 aromatic heterocycles. The van der Waals surface area contributed by atoms with Crippen LogP contribution in [0.5, 0.6) is 0 Å². The summed E-state index contributed by atoms with van der Waals surface area (Å²) < 4.78 is 1.12. The number of carbonyl (C=O) groups is 2. The number of anilines is 1. The summed E-state index contributed by atoms with van der Waals surface area (Å²) in [5.41, 5.74) is 3.84. The maximum Gasteiger partial charge on any atom is 0.356 e. The van der Waals surface area contributed by atoms with E-state index in [1.165, 1.54) is 41.9 Å². The molecule has 30 heavy (non-hydrogen) atoms. The van der Waals surface area contributed by atoms with E-state index in [-0.39, 0.29) is 11.7 Å². The van der Waals surface area contributed by atoms with Crippen LogP contribution in [0.2, 0.25) is 0 Å². The third-order valence-electron chi connectivity index (χ3n) is 6.14. The molecule has 4 rings (SSSR count). The van der Waals surface area contributed by atoms with E-state index < -0.39 is 5.97 Å². The lowest BCUT2D eigenvalue weighted by Gasteiger charge is -2.35. The SMILES string of the molecule is Cc1ccc(CN2CCN(C(=O)n3ccc(C(=O)O)n3)CC2)c(N2CCC[C@@H]2C)c1. The number of nitrogens with zero attached hydrogens (tertiary/aromatic N) is 5. The highest BCUT2D eigenvalue weighted by molar-refractivity contribution is 5.86. The van der Waals surface area contributed by atoms with Gasteiger partial charge in [0.2, 0.25) is 0 Å². The zero-order valence-corrected chi connectivity index (χ0v) is 17.6. The summed E-state index contributed by atoms with van der Waals surface area (Å²) in [5, 5.41) is 12.8. The summed E-state index contributed by atoms with van der Waals surface area (Å²) in [6, 6.07) is 8.36. The highest BCUT2D eigenvalue weighted by atomic mass is 16.4. The summed E-state index contributed by atoms with van der Waals surface area (Å²) in [5.74, 6) is -1.13. The van der Waals surface area contributed by atoms with Crippen LogP contribution in [0, 0.1) is 6.92 Å². The molecule has 8 nitrogen and oxygen atoms in total. The molecule has 1 aromatic carbocycles. The van der Waals surface area contributed by atoms with E-state index in [1.807, 2.05) is 0 Å². The lowest BCUT2D eigenvalue weighted by atomic mass is 10.1. The molecular formula is C22H29N5O3. The Morgan fingerprint density at radius 1 is 1.13 bits per heavy atom. The monoisotopic (exact) mass is 411 g/mol. The van der Waals surface area contributed by atoms with Crippen molar-refractivity contribution in [2.75, 3.05) is 37.6 Å². The Kier molecular flexibility index (Phi) is 5.76. The van der Waals surface area contributed by atoms with Gasteiger partial charge in [-0.05, 0) is 49.9 Å². The van der Waals surface area contributed by atoms with Gasteiger partial charge in [0.1, 0.15) is 0 Å². The normalized spacial score (nSPS) is 20.0. The van der Waals surface area contributed by atoms with Crippen molar-refractivity contribution in [3.8, 4) is 0 Å². The van der Waals surface area contributed by atoms with Gasteiger partial charge in [0.05, 0.1) is 0 Å².